The lowest BCUT2D eigenvalue weighted by Gasteiger charge is -2.33. The fourth-order valence-corrected chi connectivity index (χ4v) is 6.09. The molecule has 5 rings (SSSR count). The van der Waals surface area contributed by atoms with Crippen LogP contribution in [0.3, 0.4) is 0 Å². The number of rotatable bonds is 4. The Labute approximate surface area is 208 Å². The second-order valence-electron chi connectivity index (χ2n) is 8.40. The van der Waals surface area contributed by atoms with E-state index in [1.807, 2.05) is 0 Å². The van der Waals surface area contributed by atoms with Gasteiger partial charge in [0.15, 0.2) is 4.87 Å². The summed E-state index contributed by atoms with van der Waals surface area (Å²) in [4.78, 5) is 28.9. The molecule has 0 N–H and O–H groups in total. The third-order valence-electron chi connectivity index (χ3n) is 6.37. The number of methoxy groups -OCH3 is 1. The average Bonchev–Trinajstić information content (AvgIpc) is 3.40. The lowest BCUT2D eigenvalue weighted by molar-refractivity contribution is -0.137. The Hall–Kier alpha value is -3.53. The van der Waals surface area contributed by atoms with Crippen LogP contribution in [0.1, 0.15) is 27.0 Å². The van der Waals surface area contributed by atoms with E-state index < -0.39 is 34.2 Å². The number of alkyl halides is 3. The van der Waals surface area contributed by atoms with Crippen molar-refractivity contribution in [3.63, 3.8) is 0 Å². The molecule has 0 radical (unpaired) electrons. The number of ether oxygens (including phenoxy) is 1. The normalized spacial score (nSPS) is 19.2. The zero-order chi connectivity index (χ0) is 25.7. The van der Waals surface area contributed by atoms with E-state index in [4.69, 9.17) is 4.74 Å². The molecule has 1 spiro atoms. The minimum atomic E-state index is -4.47. The zero-order valence-corrected chi connectivity index (χ0v) is 19.8. The van der Waals surface area contributed by atoms with Gasteiger partial charge in [0, 0.05) is 17.9 Å². The van der Waals surface area contributed by atoms with Crippen LogP contribution in [-0.4, -0.2) is 36.1 Å². The third-order valence-corrected chi connectivity index (χ3v) is 7.79. The number of fused-ring (bicyclic) bond motifs is 2. The minimum absolute atomic E-state index is 0.000335. The van der Waals surface area contributed by atoms with Crippen LogP contribution < -0.4 is 9.64 Å². The van der Waals surface area contributed by atoms with E-state index in [0.29, 0.717) is 28.3 Å². The van der Waals surface area contributed by atoms with Crippen LogP contribution >= 0.6 is 11.8 Å². The molecule has 2 heterocycles. The Morgan fingerprint density at radius 1 is 1.08 bits per heavy atom. The van der Waals surface area contributed by atoms with E-state index in [9.17, 15) is 27.2 Å². The van der Waals surface area contributed by atoms with Gasteiger partial charge in [0.25, 0.3) is 11.8 Å². The first-order valence-corrected chi connectivity index (χ1v) is 12.0. The SMILES string of the molecule is COc1ccc2c(c1)[C@]1(SCCN1C(=O)c1ccccc1F)C(=O)N2Cc1ccc(C(F)(F)F)cc1. The van der Waals surface area contributed by atoms with Gasteiger partial charge in [-0.15, -0.1) is 11.8 Å². The number of benzene rings is 3. The maximum atomic E-state index is 14.5. The second-order valence-corrected chi connectivity index (χ2v) is 9.69. The maximum absolute atomic E-state index is 14.5. The summed E-state index contributed by atoms with van der Waals surface area (Å²) in [7, 11) is 1.48. The van der Waals surface area contributed by atoms with Gasteiger partial charge in [0.1, 0.15) is 11.6 Å². The highest BCUT2D eigenvalue weighted by Crippen LogP contribution is 2.55. The number of hydrogen-bond acceptors (Lipinski definition) is 4. The summed E-state index contributed by atoms with van der Waals surface area (Å²) in [5.74, 6) is -0.804. The van der Waals surface area contributed by atoms with Gasteiger partial charge >= 0.3 is 6.18 Å². The van der Waals surface area contributed by atoms with E-state index in [2.05, 4.69) is 0 Å². The Balaban J connectivity index is 1.57. The van der Waals surface area contributed by atoms with Crippen LogP contribution in [0.2, 0.25) is 0 Å². The fourth-order valence-electron chi connectivity index (χ4n) is 4.64. The topological polar surface area (TPSA) is 49.9 Å². The highest BCUT2D eigenvalue weighted by molar-refractivity contribution is 8.01. The lowest BCUT2D eigenvalue weighted by Crippen LogP contribution is -2.50. The summed E-state index contributed by atoms with van der Waals surface area (Å²) < 4.78 is 58.9. The van der Waals surface area contributed by atoms with Crippen molar-refractivity contribution >= 4 is 29.3 Å². The minimum Gasteiger partial charge on any atom is -0.497 e. The van der Waals surface area contributed by atoms with Crippen LogP contribution in [0.25, 0.3) is 0 Å². The summed E-state index contributed by atoms with van der Waals surface area (Å²) in [6.07, 6.45) is -4.47. The Morgan fingerprint density at radius 2 is 1.81 bits per heavy atom. The number of carbonyl (C=O) groups is 2. The predicted octanol–water partition coefficient (Wildman–Crippen LogP) is 5.44. The van der Waals surface area contributed by atoms with Gasteiger partial charge in [-0.05, 0) is 48.0 Å². The molecule has 0 unspecified atom stereocenters. The lowest BCUT2D eigenvalue weighted by atomic mass is 10.0. The van der Waals surface area contributed by atoms with Crippen LogP contribution in [0.15, 0.2) is 66.7 Å². The molecular formula is C26H20F4N2O3S. The van der Waals surface area contributed by atoms with Gasteiger partial charge in [0.05, 0.1) is 30.5 Å². The van der Waals surface area contributed by atoms with Crippen molar-refractivity contribution in [3.05, 3.63) is 94.8 Å². The van der Waals surface area contributed by atoms with Gasteiger partial charge in [-0.3, -0.25) is 9.59 Å². The van der Waals surface area contributed by atoms with Gasteiger partial charge in [-0.25, -0.2) is 4.39 Å². The number of carbonyl (C=O) groups excluding carboxylic acids is 2. The van der Waals surface area contributed by atoms with E-state index in [-0.39, 0.29) is 18.7 Å². The molecule has 0 aliphatic carbocycles. The molecule has 3 aromatic carbocycles. The molecule has 1 atom stereocenters. The van der Waals surface area contributed by atoms with Crippen LogP contribution in [-0.2, 0) is 22.4 Å². The number of anilines is 1. The number of thioether (sulfide) groups is 1. The summed E-state index contributed by atoms with van der Waals surface area (Å²) in [5.41, 5.74) is 0.601. The number of amides is 2. The summed E-state index contributed by atoms with van der Waals surface area (Å²) in [6, 6.07) is 15.2. The van der Waals surface area contributed by atoms with E-state index in [1.165, 1.54) is 59.0 Å². The van der Waals surface area contributed by atoms with E-state index >= 15 is 0 Å². The van der Waals surface area contributed by atoms with Crippen molar-refractivity contribution in [2.45, 2.75) is 17.6 Å². The molecule has 36 heavy (non-hydrogen) atoms. The highest BCUT2D eigenvalue weighted by atomic mass is 32.2. The molecule has 1 fully saturated rings. The molecule has 186 valence electrons. The van der Waals surface area contributed by atoms with Crippen LogP contribution in [0, 0.1) is 5.82 Å². The molecule has 5 nitrogen and oxygen atoms in total. The van der Waals surface area contributed by atoms with Crippen LogP contribution in [0.5, 0.6) is 5.75 Å². The molecule has 0 bridgehead atoms. The third kappa shape index (κ3) is 3.80. The smallest absolute Gasteiger partial charge is 0.416 e. The first kappa shape index (κ1) is 24.2. The molecule has 2 amide bonds. The zero-order valence-electron chi connectivity index (χ0n) is 19.0. The largest absolute Gasteiger partial charge is 0.497 e. The highest BCUT2D eigenvalue weighted by Gasteiger charge is 2.59. The Kier molecular flexibility index (Phi) is 5.94. The molecule has 2 aliphatic rings. The van der Waals surface area contributed by atoms with Crippen molar-refractivity contribution in [2.24, 2.45) is 0 Å². The Bertz CT molecular complexity index is 1350. The monoisotopic (exact) mass is 516 g/mol. The molecule has 10 heteroatoms. The predicted molar refractivity (Wildman–Crippen MR) is 127 cm³/mol. The van der Waals surface area contributed by atoms with Crippen molar-refractivity contribution < 1.29 is 31.9 Å². The Morgan fingerprint density at radius 3 is 2.47 bits per heavy atom. The summed E-state index contributed by atoms with van der Waals surface area (Å²) >= 11 is 1.27. The molecular weight excluding hydrogens is 496 g/mol. The second kappa shape index (κ2) is 8.85. The molecule has 3 aromatic rings. The van der Waals surface area contributed by atoms with Crippen LogP contribution in [0.4, 0.5) is 23.2 Å². The van der Waals surface area contributed by atoms with Gasteiger partial charge in [-0.1, -0.05) is 24.3 Å². The standard InChI is InChI=1S/C26H20F4N2O3S/c1-35-18-10-11-22-20(14-18)25(32(12-13-36-25)23(33)19-4-2-3-5-21(19)27)24(34)31(22)15-16-6-8-17(9-7-16)26(28,29)30/h2-11,14H,12-13,15H2,1H3/t25-/m0/s1. The molecule has 2 aliphatic heterocycles. The first-order chi connectivity index (χ1) is 17.2. The van der Waals surface area contributed by atoms with E-state index in [0.717, 1.165) is 12.1 Å². The quantitative estimate of drug-likeness (QED) is 0.434. The van der Waals surface area contributed by atoms with Gasteiger partial charge in [0.2, 0.25) is 0 Å². The number of nitrogens with zero attached hydrogens (tertiary/aromatic N) is 2. The number of hydrogen-bond donors (Lipinski definition) is 0. The maximum Gasteiger partial charge on any atom is 0.416 e. The van der Waals surface area contributed by atoms with Crippen molar-refractivity contribution in [1.29, 1.82) is 0 Å². The van der Waals surface area contributed by atoms with Crippen molar-refractivity contribution in [2.75, 3.05) is 24.3 Å². The van der Waals surface area contributed by atoms with Crippen molar-refractivity contribution in [1.82, 2.24) is 4.90 Å². The molecule has 0 saturated carbocycles. The van der Waals surface area contributed by atoms with E-state index in [1.54, 1.807) is 24.3 Å². The summed E-state index contributed by atoms with van der Waals surface area (Å²) in [5, 5.41) is 0. The summed E-state index contributed by atoms with van der Waals surface area (Å²) in [6.45, 7) is 0.217. The fraction of sp³-hybridized carbons (Fsp3) is 0.231. The molecule has 0 aromatic heterocycles. The van der Waals surface area contributed by atoms with Crippen molar-refractivity contribution in [3.8, 4) is 5.75 Å². The van der Waals surface area contributed by atoms with Gasteiger partial charge < -0.3 is 14.5 Å². The molecule has 1 saturated heterocycles. The average molecular weight is 517 g/mol. The van der Waals surface area contributed by atoms with Gasteiger partial charge in [-0.2, -0.15) is 13.2 Å². The number of halogens is 4. The first-order valence-electron chi connectivity index (χ1n) is 11.0.